The number of nitrogens with one attached hydrogen (secondary N) is 2. The lowest BCUT2D eigenvalue weighted by Gasteiger charge is -2.35. The number of fused-ring (bicyclic) bond motifs is 1. The van der Waals surface area contributed by atoms with Gasteiger partial charge in [0.2, 0.25) is 11.8 Å². The van der Waals surface area contributed by atoms with Crippen molar-refractivity contribution in [2.24, 2.45) is 0 Å². The highest BCUT2D eigenvalue weighted by atomic mass is 16.5. The number of ether oxygens (including phenoxy) is 2. The van der Waals surface area contributed by atoms with Crippen LogP contribution >= 0.6 is 0 Å². The Kier molecular flexibility index (Phi) is 8.85. The number of aryl methyl sites for hydroxylation is 1. The number of piperidine rings is 1. The van der Waals surface area contributed by atoms with Crippen molar-refractivity contribution in [2.75, 3.05) is 32.2 Å². The third-order valence-corrected chi connectivity index (χ3v) is 7.65. The van der Waals surface area contributed by atoms with Gasteiger partial charge in [-0.3, -0.25) is 9.59 Å². The van der Waals surface area contributed by atoms with E-state index in [2.05, 4.69) is 37.7 Å². The summed E-state index contributed by atoms with van der Waals surface area (Å²) < 4.78 is 12.5. The number of carbonyl (C=O) groups is 2. The van der Waals surface area contributed by atoms with E-state index in [0.29, 0.717) is 23.7 Å². The molecule has 0 unspecified atom stereocenters. The van der Waals surface area contributed by atoms with E-state index in [0.717, 1.165) is 55.0 Å². The Bertz CT molecular complexity index is 1550. The molecule has 1 fully saturated rings. The van der Waals surface area contributed by atoms with E-state index < -0.39 is 6.04 Å². The Morgan fingerprint density at radius 2 is 1.76 bits per heavy atom. The first kappa shape index (κ1) is 28.8. The Balaban J connectivity index is 1.29. The summed E-state index contributed by atoms with van der Waals surface area (Å²) in [5.74, 6) is 2.27. The molecule has 2 aromatic carbocycles. The molecule has 42 heavy (non-hydrogen) atoms. The number of methoxy groups -OCH3 is 2. The molecular weight excluding hydrogens is 534 g/mol. The fraction of sp³-hybridized carbons (Fsp3) is 0.387. The number of aromatic nitrogens is 4. The average Bonchev–Trinajstić information content (AvgIpc) is 3.45. The van der Waals surface area contributed by atoms with Crippen LogP contribution in [0.5, 0.6) is 11.5 Å². The number of anilines is 1. The van der Waals surface area contributed by atoms with E-state index in [1.165, 1.54) is 18.8 Å². The molecule has 1 aliphatic heterocycles. The van der Waals surface area contributed by atoms with Gasteiger partial charge in [0.1, 0.15) is 18.2 Å². The molecule has 220 valence electrons. The summed E-state index contributed by atoms with van der Waals surface area (Å²) in [7, 11) is 3.14. The molecule has 5 rings (SSSR count). The second-order valence-electron chi connectivity index (χ2n) is 10.6. The average molecular weight is 572 g/mol. The molecule has 11 nitrogen and oxygen atoms in total. The highest BCUT2D eigenvalue weighted by molar-refractivity contribution is 5.87. The third kappa shape index (κ3) is 6.45. The monoisotopic (exact) mass is 571 g/mol. The van der Waals surface area contributed by atoms with Gasteiger partial charge in [0.15, 0.2) is 11.5 Å². The minimum Gasteiger partial charge on any atom is -0.493 e. The van der Waals surface area contributed by atoms with Crippen molar-refractivity contribution in [3.05, 3.63) is 77.2 Å². The van der Waals surface area contributed by atoms with Crippen LogP contribution in [0, 0.1) is 6.92 Å². The Hall–Kier alpha value is -4.67. The van der Waals surface area contributed by atoms with Crippen LogP contribution in [0.4, 0.5) is 5.82 Å². The van der Waals surface area contributed by atoms with Gasteiger partial charge in [0.25, 0.3) is 5.78 Å². The molecule has 2 amide bonds. The molecule has 11 heteroatoms. The smallest absolute Gasteiger partial charge is 0.254 e. The summed E-state index contributed by atoms with van der Waals surface area (Å²) in [6.07, 6.45) is 4.09. The number of rotatable bonds is 10. The second kappa shape index (κ2) is 12.9. The van der Waals surface area contributed by atoms with E-state index in [1.807, 2.05) is 41.8 Å². The summed E-state index contributed by atoms with van der Waals surface area (Å²) in [4.78, 5) is 36.7. The molecule has 0 bridgehead atoms. The first-order chi connectivity index (χ1) is 20.4. The van der Waals surface area contributed by atoms with Gasteiger partial charge >= 0.3 is 0 Å². The fourth-order valence-corrected chi connectivity index (χ4v) is 5.54. The topological polar surface area (TPSA) is 123 Å². The van der Waals surface area contributed by atoms with E-state index in [1.54, 1.807) is 20.3 Å². The summed E-state index contributed by atoms with van der Waals surface area (Å²) in [5, 5.41) is 10.5. The lowest BCUT2D eigenvalue weighted by atomic mass is 10.00. The number of nitrogens with zero attached hydrogens (tertiary/aromatic N) is 5. The third-order valence-electron chi connectivity index (χ3n) is 7.65. The van der Waals surface area contributed by atoms with Crippen LogP contribution in [0.25, 0.3) is 5.78 Å². The molecule has 1 aliphatic rings. The van der Waals surface area contributed by atoms with Crippen LogP contribution in [0.2, 0.25) is 0 Å². The van der Waals surface area contributed by atoms with Gasteiger partial charge in [-0.25, -0.2) is 4.98 Å². The summed E-state index contributed by atoms with van der Waals surface area (Å²) >= 11 is 0. The maximum atomic E-state index is 13.4. The van der Waals surface area contributed by atoms with E-state index in [-0.39, 0.29) is 17.9 Å². The Morgan fingerprint density at radius 1 is 1.02 bits per heavy atom. The predicted molar refractivity (Wildman–Crippen MR) is 159 cm³/mol. The maximum absolute atomic E-state index is 13.4. The van der Waals surface area contributed by atoms with Gasteiger partial charge in [-0.15, -0.1) is 0 Å². The maximum Gasteiger partial charge on any atom is 0.254 e. The van der Waals surface area contributed by atoms with Crippen molar-refractivity contribution < 1.29 is 19.1 Å². The molecule has 2 aromatic heterocycles. The number of hydrogen-bond donors (Lipinski definition) is 2. The van der Waals surface area contributed by atoms with Crippen LogP contribution in [-0.2, 0) is 22.4 Å². The number of amides is 2. The summed E-state index contributed by atoms with van der Waals surface area (Å²) in [5.41, 5.74) is 4.09. The number of hydrogen-bond acceptors (Lipinski definition) is 8. The quantitative estimate of drug-likeness (QED) is 0.298. The van der Waals surface area contributed by atoms with Crippen molar-refractivity contribution in [3.63, 3.8) is 0 Å². The van der Waals surface area contributed by atoms with Gasteiger partial charge in [-0.2, -0.15) is 14.6 Å². The Morgan fingerprint density at radius 3 is 2.45 bits per heavy atom. The molecule has 0 radical (unpaired) electrons. The van der Waals surface area contributed by atoms with Crippen LogP contribution in [0.15, 0.2) is 54.9 Å². The number of benzene rings is 2. The van der Waals surface area contributed by atoms with Crippen molar-refractivity contribution in [3.8, 4) is 11.5 Å². The molecule has 4 aromatic rings. The molecule has 0 saturated carbocycles. The lowest BCUT2D eigenvalue weighted by Crippen LogP contribution is -2.52. The zero-order chi connectivity index (χ0) is 29.6. The second-order valence-corrected chi connectivity index (χ2v) is 10.6. The summed E-state index contributed by atoms with van der Waals surface area (Å²) in [6.45, 7) is 4.89. The van der Waals surface area contributed by atoms with Crippen molar-refractivity contribution in [1.82, 2.24) is 30.2 Å². The molecule has 0 aliphatic carbocycles. The minimum atomic E-state index is -0.714. The molecule has 3 heterocycles. The van der Waals surface area contributed by atoms with Crippen LogP contribution < -0.4 is 25.0 Å². The first-order valence-corrected chi connectivity index (χ1v) is 14.1. The van der Waals surface area contributed by atoms with Crippen LogP contribution in [0.3, 0.4) is 0 Å². The molecular formula is C31H37N7O4. The van der Waals surface area contributed by atoms with Gasteiger partial charge < -0.3 is 25.0 Å². The first-order valence-electron chi connectivity index (χ1n) is 14.1. The van der Waals surface area contributed by atoms with Gasteiger partial charge in [-0.05, 0) is 43.0 Å². The van der Waals surface area contributed by atoms with Crippen molar-refractivity contribution in [2.45, 2.75) is 51.6 Å². The number of carbonyl (C=O) groups excluding carboxylic acids is 2. The van der Waals surface area contributed by atoms with E-state index in [4.69, 9.17) is 14.5 Å². The van der Waals surface area contributed by atoms with Gasteiger partial charge in [-0.1, -0.05) is 36.4 Å². The summed E-state index contributed by atoms with van der Waals surface area (Å²) in [6, 6.07) is 15.1. The zero-order valence-electron chi connectivity index (χ0n) is 24.5. The standard InChI is InChI=1S/C31H37N7O4/c1-20-25(16-22-8-6-5-7-9-22)30(38-31(34-20)32-19-33-38)37-14-12-24(13-15-37)36-29(40)26(35-21(2)39)17-23-10-11-27(41-3)28(18-23)42-4/h5-11,18-19,24,26H,12-17H2,1-4H3,(H,35,39)(H,36,40)/t26-/m1/s1. The molecule has 0 spiro atoms. The van der Waals surface area contributed by atoms with E-state index in [9.17, 15) is 9.59 Å². The van der Waals surface area contributed by atoms with Gasteiger partial charge in [0, 0.05) is 50.2 Å². The highest BCUT2D eigenvalue weighted by Crippen LogP contribution is 2.30. The molecule has 1 saturated heterocycles. The van der Waals surface area contributed by atoms with E-state index >= 15 is 0 Å². The van der Waals surface area contributed by atoms with Crippen LogP contribution in [0.1, 0.15) is 42.1 Å². The predicted octanol–water partition coefficient (Wildman–Crippen LogP) is 2.87. The molecule has 1 atom stereocenters. The van der Waals surface area contributed by atoms with Gasteiger partial charge in [0.05, 0.1) is 14.2 Å². The Labute approximate surface area is 245 Å². The highest BCUT2D eigenvalue weighted by Gasteiger charge is 2.28. The minimum absolute atomic E-state index is 0.0258. The largest absolute Gasteiger partial charge is 0.493 e. The SMILES string of the molecule is COc1ccc(C[C@@H](NC(C)=O)C(=O)NC2CCN(c3c(Cc4ccccc4)c(C)nc4ncnn34)CC2)cc1OC. The van der Waals surface area contributed by atoms with Crippen molar-refractivity contribution in [1.29, 1.82) is 0 Å². The fourth-order valence-electron chi connectivity index (χ4n) is 5.54. The lowest BCUT2D eigenvalue weighted by molar-refractivity contribution is -0.128. The van der Waals surface area contributed by atoms with Crippen LogP contribution in [-0.4, -0.2) is 70.8 Å². The zero-order valence-corrected chi connectivity index (χ0v) is 24.5. The molecule has 2 N–H and O–H groups in total. The van der Waals surface area contributed by atoms with Crippen molar-refractivity contribution >= 4 is 23.4 Å². The normalized spacial score (nSPS) is 14.4.